The van der Waals surface area contributed by atoms with Gasteiger partial charge in [-0.1, -0.05) is 36.4 Å². The lowest BCUT2D eigenvalue weighted by Crippen LogP contribution is -2.41. The van der Waals surface area contributed by atoms with E-state index in [1.165, 1.54) is 0 Å². The van der Waals surface area contributed by atoms with E-state index in [-0.39, 0.29) is 5.91 Å². The summed E-state index contributed by atoms with van der Waals surface area (Å²) in [5.74, 6) is 0.103. The molecule has 1 unspecified atom stereocenters. The van der Waals surface area contributed by atoms with Crippen molar-refractivity contribution in [3.63, 3.8) is 0 Å². The number of nitrogens with zero attached hydrogens (tertiary/aromatic N) is 2. The third-order valence-electron chi connectivity index (χ3n) is 4.62. The molecule has 1 atom stereocenters. The number of hydrogen-bond donors (Lipinski definition) is 1. The lowest BCUT2D eigenvalue weighted by atomic mass is 9.90. The van der Waals surface area contributed by atoms with Crippen molar-refractivity contribution in [1.82, 2.24) is 9.88 Å². The number of aromatic nitrogens is 1. The Morgan fingerprint density at radius 1 is 1.20 bits per heavy atom. The molecule has 0 saturated carbocycles. The van der Waals surface area contributed by atoms with Gasteiger partial charge in [0, 0.05) is 18.5 Å². The van der Waals surface area contributed by atoms with Crippen molar-refractivity contribution < 1.29 is 4.79 Å². The van der Waals surface area contributed by atoms with Crippen molar-refractivity contribution in [3.05, 3.63) is 64.5 Å². The van der Waals surface area contributed by atoms with E-state index in [9.17, 15) is 4.79 Å². The lowest BCUT2D eigenvalue weighted by Gasteiger charge is -2.25. The second-order valence-corrected chi connectivity index (χ2v) is 8.19. The molecule has 0 spiro atoms. The predicted octanol–water partition coefficient (Wildman–Crippen LogP) is 3.50. The van der Waals surface area contributed by atoms with Crippen LogP contribution in [-0.4, -0.2) is 28.9 Å². The Hall–Kier alpha value is -2.02. The quantitative estimate of drug-likeness (QED) is 0.766. The molecule has 1 aliphatic heterocycles. The van der Waals surface area contributed by atoms with Crippen LogP contribution in [0.15, 0.2) is 53.2 Å². The number of carbonyl (C=O) groups is 1. The summed E-state index contributed by atoms with van der Waals surface area (Å²) >= 11 is 3.26. The minimum atomic E-state index is -0.443. The number of hydrogen-bond acceptors (Lipinski definition) is 5. The SMILES string of the molecule is NC1(c2ccccc2)CCN(C(=O)Cc2csc(-c3cccs3)n2)C1. The van der Waals surface area contributed by atoms with Gasteiger partial charge in [0.05, 0.1) is 22.5 Å². The molecule has 25 heavy (non-hydrogen) atoms. The number of amides is 1. The summed E-state index contributed by atoms with van der Waals surface area (Å²) in [6, 6.07) is 14.1. The Morgan fingerprint density at radius 3 is 2.80 bits per heavy atom. The third kappa shape index (κ3) is 3.38. The molecule has 1 saturated heterocycles. The van der Waals surface area contributed by atoms with E-state index in [0.29, 0.717) is 19.5 Å². The molecule has 4 nitrogen and oxygen atoms in total. The maximum absolute atomic E-state index is 12.7. The number of likely N-dealkylation sites (tertiary alicyclic amines) is 1. The molecular formula is C19H19N3OS2. The molecular weight excluding hydrogens is 350 g/mol. The van der Waals surface area contributed by atoms with Crippen LogP contribution in [0, 0.1) is 0 Å². The Morgan fingerprint density at radius 2 is 2.04 bits per heavy atom. The van der Waals surface area contributed by atoms with E-state index in [4.69, 9.17) is 5.73 Å². The smallest absolute Gasteiger partial charge is 0.228 e. The molecule has 1 amide bonds. The van der Waals surface area contributed by atoms with Crippen LogP contribution in [0.25, 0.3) is 9.88 Å². The highest BCUT2D eigenvalue weighted by atomic mass is 32.1. The number of thiophene rings is 1. The highest BCUT2D eigenvalue weighted by Gasteiger charge is 2.37. The Kier molecular flexibility index (Phi) is 4.41. The van der Waals surface area contributed by atoms with Crippen molar-refractivity contribution in [2.45, 2.75) is 18.4 Å². The molecule has 3 aromatic rings. The van der Waals surface area contributed by atoms with E-state index in [0.717, 1.165) is 27.6 Å². The number of thiazole rings is 1. The van der Waals surface area contributed by atoms with Crippen LogP contribution in [-0.2, 0) is 16.8 Å². The fraction of sp³-hybridized carbons (Fsp3) is 0.263. The Labute approximate surface area is 154 Å². The molecule has 6 heteroatoms. The van der Waals surface area contributed by atoms with Gasteiger partial charge < -0.3 is 10.6 Å². The van der Waals surface area contributed by atoms with Crippen molar-refractivity contribution in [3.8, 4) is 9.88 Å². The zero-order valence-electron chi connectivity index (χ0n) is 13.7. The maximum Gasteiger partial charge on any atom is 0.228 e. The molecule has 0 aliphatic carbocycles. The van der Waals surface area contributed by atoms with E-state index in [1.807, 2.05) is 52.1 Å². The van der Waals surface area contributed by atoms with E-state index in [2.05, 4.69) is 11.1 Å². The van der Waals surface area contributed by atoms with Crippen LogP contribution in [0.5, 0.6) is 0 Å². The first-order valence-electron chi connectivity index (χ1n) is 8.24. The molecule has 3 heterocycles. The first-order chi connectivity index (χ1) is 12.1. The average molecular weight is 370 g/mol. The molecule has 128 valence electrons. The summed E-state index contributed by atoms with van der Waals surface area (Å²) in [7, 11) is 0. The summed E-state index contributed by atoms with van der Waals surface area (Å²) in [4.78, 5) is 20.3. The fourth-order valence-corrected chi connectivity index (χ4v) is 4.85. The van der Waals surface area contributed by atoms with Gasteiger partial charge in [0.25, 0.3) is 0 Å². The van der Waals surface area contributed by atoms with Gasteiger partial charge in [-0.05, 0) is 23.4 Å². The average Bonchev–Trinajstić information content (AvgIpc) is 3.36. The third-order valence-corrected chi connectivity index (χ3v) is 6.55. The zero-order valence-corrected chi connectivity index (χ0v) is 15.4. The molecule has 2 N–H and O–H groups in total. The molecule has 0 radical (unpaired) electrons. The first-order valence-corrected chi connectivity index (χ1v) is 10.0. The summed E-state index contributed by atoms with van der Waals surface area (Å²) in [5, 5.41) is 5.00. The van der Waals surface area contributed by atoms with Gasteiger partial charge in [0.15, 0.2) is 0 Å². The standard InChI is InChI=1S/C19H19N3OS2/c20-19(14-5-2-1-3-6-14)8-9-22(13-19)17(23)11-15-12-25-18(21-15)16-7-4-10-24-16/h1-7,10,12H,8-9,11,13,20H2. The van der Waals surface area contributed by atoms with Crippen LogP contribution in [0.3, 0.4) is 0 Å². The maximum atomic E-state index is 12.7. The highest BCUT2D eigenvalue weighted by molar-refractivity contribution is 7.20. The highest BCUT2D eigenvalue weighted by Crippen LogP contribution is 2.31. The van der Waals surface area contributed by atoms with Gasteiger partial charge in [0.2, 0.25) is 5.91 Å². The minimum Gasteiger partial charge on any atom is -0.340 e. The zero-order chi connectivity index (χ0) is 17.3. The van der Waals surface area contributed by atoms with Crippen LogP contribution in [0.2, 0.25) is 0 Å². The van der Waals surface area contributed by atoms with Crippen LogP contribution in [0.4, 0.5) is 0 Å². The number of carbonyl (C=O) groups excluding carboxylic acids is 1. The van der Waals surface area contributed by atoms with Crippen LogP contribution in [0.1, 0.15) is 17.7 Å². The number of rotatable bonds is 4. The topological polar surface area (TPSA) is 59.2 Å². The van der Waals surface area contributed by atoms with Crippen molar-refractivity contribution in [2.75, 3.05) is 13.1 Å². The number of nitrogens with two attached hydrogens (primary N) is 1. The second kappa shape index (κ2) is 6.71. The van der Waals surface area contributed by atoms with E-state index in [1.54, 1.807) is 22.7 Å². The fourth-order valence-electron chi connectivity index (χ4n) is 3.22. The Bertz CT molecular complexity index is 860. The summed E-state index contributed by atoms with van der Waals surface area (Å²) in [6.07, 6.45) is 1.13. The molecule has 1 fully saturated rings. The summed E-state index contributed by atoms with van der Waals surface area (Å²) in [6.45, 7) is 1.27. The van der Waals surface area contributed by atoms with Crippen molar-refractivity contribution >= 4 is 28.6 Å². The van der Waals surface area contributed by atoms with Gasteiger partial charge in [-0.2, -0.15) is 0 Å². The van der Waals surface area contributed by atoms with E-state index < -0.39 is 5.54 Å². The predicted molar refractivity (Wildman–Crippen MR) is 103 cm³/mol. The minimum absolute atomic E-state index is 0.103. The van der Waals surface area contributed by atoms with Crippen LogP contribution < -0.4 is 5.73 Å². The largest absolute Gasteiger partial charge is 0.340 e. The molecule has 1 aliphatic rings. The van der Waals surface area contributed by atoms with Crippen molar-refractivity contribution in [1.29, 1.82) is 0 Å². The summed E-state index contributed by atoms with van der Waals surface area (Å²) < 4.78 is 0. The van der Waals surface area contributed by atoms with Gasteiger partial charge in [-0.15, -0.1) is 22.7 Å². The molecule has 1 aromatic carbocycles. The molecule has 2 aromatic heterocycles. The molecule has 0 bridgehead atoms. The molecule has 4 rings (SSSR count). The Balaban J connectivity index is 1.43. The summed E-state index contributed by atoms with van der Waals surface area (Å²) in [5.41, 5.74) is 8.06. The van der Waals surface area contributed by atoms with Crippen molar-refractivity contribution in [2.24, 2.45) is 5.73 Å². The van der Waals surface area contributed by atoms with Gasteiger partial charge in [-0.3, -0.25) is 4.79 Å². The normalized spacial score (nSPS) is 20.1. The lowest BCUT2D eigenvalue weighted by molar-refractivity contribution is -0.129. The number of benzene rings is 1. The monoisotopic (exact) mass is 369 g/mol. The van der Waals surface area contributed by atoms with Gasteiger partial charge >= 0.3 is 0 Å². The van der Waals surface area contributed by atoms with Gasteiger partial charge in [-0.25, -0.2) is 4.98 Å². The van der Waals surface area contributed by atoms with E-state index >= 15 is 0 Å². The van der Waals surface area contributed by atoms with Crippen LogP contribution >= 0.6 is 22.7 Å². The first kappa shape index (κ1) is 16.4. The van der Waals surface area contributed by atoms with Gasteiger partial charge in [0.1, 0.15) is 5.01 Å². The second-order valence-electron chi connectivity index (χ2n) is 6.39.